The molecule has 0 unspecified atom stereocenters. The fourth-order valence-corrected chi connectivity index (χ4v) is 1.06. The number of aliphatic imine (C=N–C) groups is 2. The standard InChI is InChI=1S/C8H11ClN4/c1-5(11-2)7-6(3-4-12-7)13-8(9)10/h3-4,12H,1-2H3,(H2,10,13). The number of aromatic amines is 1. The summed E-state index contributed by atoms with van der Waals surface area (Å²) in [5.74, 6) is 0. The Morgan fingerprint density at radius 3 is 2.85 bits per heavy atom. The molecule has 0 fully saturated rings. The van der Waals surface area contributed by atoms with E-state index < -0.39 is 0 Å². The van der Waals surface area contributed by atoms with Gasteiger partial charge in [0.15, 0.2) is 5.29 Å². The van der Waals surface area contributed by atoms with Gasteiger partial charge in [0.05, 0.1) is 17.1 Å². The van der Waals surface area contributed by atoms with Gasteiger partial charge in [-0.15, -0.1) is 0 Å². The molecule has 0 aliphatic carbocycles. The average Bonchev–Trinajstić information content (AvgIpc) is 2.50. The van der Waals surface area contributed by atoms with Crippen LogP contribution in [0.1, 0.15) is 12.6 Å². The summed E-state index contributed by atoms with van der Waals surface area (Å²) in [4.78, 5) is 11.0. The first kappa shape index (κ1) is 9.80. The van der Waals surface area contributed by atoms with Gasteiger partial charge in [0.2, 0.25) is 0 Å². The lowest BCUT2D eigenvalue weighted by Crippen LogP contribution is -2.01. The Bertz CT molecular complexity index is 347. The second-order valence-electron chi connectivity index (χ2n) is 2.48. The number of nitrogens with one attached hydrogen (secondary N) is 1. The largest absolute Gasteiger partial charge is 0.374 e. The first-order valence-corrected chi connectivity index (χ1v) is 4.13. The van der Waals surface area contributed by atoms with Crippen LogP contribution in [0.25, 0.3) is 0 Å². The molecule has 0 aromatic carbocycles. The first-order valence-electron chi connectivity index (χ1n) is 3.76. The predicted molar refractivity (Wildman–Crippen MR) is 56.1 cm³/mol. The van der Waals surface area contributed by atoms with Gasteiger partial charge in [-0.1, -0.05) is 0 Å². The first-order chi connectivity index (χ1) is 6.15. The van der Waals surface area contributed by atoms with Gasteiger partial charge in [-0.05, 0) is 24.6 Å². The number of halogens is 1. The molecule has 13 heavy (non-hydrogen) atoms. The molecule has 0 atom stereocenters. The van der Waals surface area contributed by atoms with Gasteiger partial charge in [-0.2, -0.15) is 0 Å². The number of nitrogens with zero attached hydrogens (tertiary/aromatic N) is 2. The summed E-state index contributed by atoms with van der Waals surface area (Å²) in [7, 11) is 1.72. The van der Waals surface area contributed by atoms with Gasteiger partial charge in [-0.25, -0.2) is 4.99 Å². The van der Waals surface area contributed by atoms with Crippen LogP contribution in [0.5, 0.6) is 0 Å². The maximum atomic E-state index is 5.46. The molecule has 0 bridgehead atoms. The van der Waals surface area contributed by atoms with Crippen LogP contribution in [0.15, 0.2) is 22.2 Å². The highest BCUT2D eigenvalue weighted by Gasteiger charge is 2.04. The number of hydrogen-bond acceptors (Lipinski definition) is 2. The van der Waals surface area contributed by atoms with Gasteiger partial charge in [0.25, 0.3) is 0 Å². The summed E-state index contributed by atoms with van der Waals surface area (Å²) in [5, 5.41) is 0.0183. The number of H-pyrrole nitrogens is 1. The van der Waals surface area contributed by atoms with Gasteiger partial charge in [0.1, 0.15) is 0 Å². The summed E-state index contributed by atoms with van der Waals surface area (Å²) < 4.78 is 0. The molecule has 0 spiro atoms. The number of rotatable bonds is 2. The Hall–Kier alpha value is -1.29. The minimum atomic E-state index is 0.0183. The third-order valence-electron chi connectivity index (χ3n) is 1.65. The summed E-state index contributed by atoms with van der Waals surface area (Å²) >= 11 is 5.46. The fraction of sp³-hybridized carbons (Fsp3) is 0.250. The molecule has 0 amide bonds. The normalized spacial score (nSPS) is 13.5. The van der Waals surface area contributed by atoms with Crippen LogP contribution >= 0.6 is 11.6 Å². The molecule has 0 radical (unpaired) electrons. The minimum absolute atomic E-state index is 0.0183. The van der Waals surface area contributed by atoms with Crippen LogP contribution in [0.3, 0.4) is 0 Å². The van der Waals surface area contributed by atoms with E-state index >= 15 is 0 Å². The molecule has 0 aliphatic heterocycles. The fourth-order valence-electron chi connectivity index (χ4n) is 0.971. The summed E-state index contributed by atoms with van der Waals surface area (Å²) in [5.41, 5.74) is 7.66. The molecule has 4 nitrogen and oxygen atoms in total. The van der Waals surface area contributed by atoms with Crippen LogP contribution in [0.2, 0.25) is 0 Å². The zero-order valence-electron chi connectivity index (χ0n) is 7.50. The predicted octanol–water partition coefficient (Wildman–Crippen LogP) is 1.64. The van der Waals surface area contributed by atoms with E-state index in [1.54, 1.807) is 19.3 Å². The van der Waals surface area contributed by atoms with Crippen LogP contribution in [0, 0.1) is 0 Å². The average molecular weight is 199 g/mol. The minimum Gasteiger partial charge on any atom is -0.374 e. The van der Waals surface area contributed by atoms with Crippen molar-refractivity contribution in [2.24, 2.45) is 15.7 Å². The monoisotopic (exact) mass is 198 g/mol. The van der Waals surface area contributed by atoms with Crippen molar-refractivity contribution in [1.82, 2.24) is 4.98 Å². The van der Waals surface area contributed by atoms with Crippen LogP contribution in [0.4, 0.5) is 5.69 Å². The molecular weight excluding hydrogens is 188 g/mol. The highest BCUT2D eigenvalue weighted by Crippen LogP contribution is 2.18. The molecule has 1 heterocycles. The van der Waals surface area contributed by atoms with E-state index in [-0.39, 0.29) is 5.29 Å². The molecule has 1 aromatic heterocycles. The molecule has 1 aromatic rings. The smallest absolute Gasteiger partial charge is 0.193 e. The van der Waals surface area contributed by atoms with E-state index in [0.717, 1.165) is 11.4 Å². The van der Waals surface area contributed by atoms with Crippen LogP contribution in [-0.4, -0.2) is 23.0 Å². The zero-order chi connectivity index (χ0) is 9.84. The lowest BCUT2D eigenvalue weighted by Gasteiger charge is -1.97. The maximum Gasteiger partial charge on any atom is 0.193 e. The molecule has 0 saturated carbocycles. The van der Waals surface area contributed by atoms with E-state index in [1.807, 2.05) is 6.92 Å². The third-order valence-corrected chi connectivity index (χ3v) is 1.73. The van der Waals surface area contributed by atoms with Crippen molar-refractivity contribution in [3.63, 3.8) is 0 Å². The van der Waals surface area contributed by atoms with E-state index in [2.05, 4.69) is 15.0 Å². The van der Waals surface area contributed by atoms with Crippen LogP contribution < -0.4 is 5.73 Å². The van der Waals surface area contributed by atoms with Crippen molar-refractivity contribution in [3.05, 3.63) is 18.0 Å². The topological polar surface area (TPSA) is 66.5 Å². The molecular formula is C8H11ClN4. The van der Waals surface area contributed by atoms with E-state index in [1.165, 1.54) is 0 Å². The maximum absolute atomic E-state index is 5.46. The van der Waals surface area contributed by atoms with Crippen molar-refractivity contribution < 1.29 is 0 Å². The molecule has 3 N–H and O–H groups in total. The van der Waals surface area contributed by atoms with Crippen LogP contribution in [-0.2, 0) is 0 Å². The number of nitrogens with two attached hydrogens (primary N) is 1. The van der Waals surface area contributed by atoms with Crippen molar-refractivity contribution in [2.45, 2.75) is 6.92 Å². The van der Waals surface area contributed by atoms with Gasteiger partial charge in [0, 0.05) is 13.2 Å². The summed E-state index contributed by atoms with van der Waals surface area (Å²) in [6, 6.07) is 1.79. The zero-order valence-corrected chi connectivity index (χ0v) is 8.26. The van der Waals surface area contributed by atoms with E-state index in [0.29, 0.717) is 5.69 Å². The lowest BCUT2D eigenvalue weighted by molar-refractivity contribution is 1.31. The number of hydrogen-bond donors (Lipinski definition) is 2. The quantitative estimate of drug-likeness (QED) is 0.424. The molecule has 0 aliphatic rings. The van der Waals surface area contributed by atoms with Crippen molar-refractivity contribution in [2.75, 3.05) is 7.05 Å². The highest BCUT2D eigenvalue weighted by atomic mass is 35.5. The van der Waals surface area contributed by atoms with Gasteiger partial charge in [-0.3, -0.25) is 4.99 Å². The molecule has 70 valence electrons. The Morgan fingerprint density at radius 2 is 2.31 bits per heavy atom. The van der Waals surface area contributed by atoms with E-state index in [9.17, 15) is 0 Å². The molecule has 5 heteroatoms. The summed E-state index contributed by atoms with van der Waals surface area (Å²) in [6.07, 6.45) is 1.77. The van der Waals surface area contributed by atoms with Crippen molar-refractivity contribution in [3.8, 4) is 0 Å². The third kappa shape index (κ3) is 2.32. The Kier molecular flexibility index (Phi) is 3.08. The second kappa shape index (κ2) is 4.09. The Labute approximate surface area is 81.5 Å². The summed E-state index contributed by atoms with van der Waals surface area (Å²) in [6.45, 7) is 1.88. The second-order valence-corrected chi connectivity index (χ2v) is 2.87. The Balaban J connectivity index is 3.10. The van der Waals surface area contributed by atoms with E-state index in [4.69, 9.17) is 17.3 Å². The van der Waals surface area contributed by atoms with Crippen molar-refractivity contribution in [1.29, 1.82) is 0 Å². The van der Waals surface area contributed by atoms with Crippen molar-refractivity contribution >= 4 is 28.3 Å². The Morgan fingerprint density at radius 1 is 1.62 bits per heavy atom. The van der Waals surface area contributed by atoms with Gasteiger partial charge < -0.3 is 10.7 Å². The highest BCUT2D eigenvalue weighted by molar-refractivity contribution is 6.64. The molecule has 1 rings (SSSR count). The molecule has 0 saturated heterocycles. The number of amidine groups is 1. The lowest BCUT2D eigenvalue weighted by atomic mass is 10.2. The van der Waals surface area contributed by atoms with Gasteiger partial charge >= 0.3 is 0 Å². The number of aromatic nitrogens is 1. The SMILES string of the molecule is CN=C(C)c1[nH]ccc1N=C(N)Cl.